The van der Waals surface area contributed by atoms with Crippen molar-refractivity contribution < 1.29 is 14.3 Å². The molecule has 7 rings (SSSR count). The summed E-state index contributed by atoms with van der Waals surface area (Å²) in [6.45, 7) is 6.95. The van der Waals surface area contributed by atoms with Gasteiger partial charge in [-0.1, -0.05) is 78.1 Å². The van der Waals surface area contributed by atoms with Crippen LogP contribution in [0.5, 0.6) is 5.75 Å². The number of allylic oxidation sites excluding steroid dienone is 1. The molecule has 6 aromatic rings. The lowest BCUT2D eigenvalue weighted by molar-refractivity contribution is -0.139. The highest BCUT2D eigenvalue weighted by Gasteiger charge is 2.33. The Balaban J connectivity index is 1.34. The Morgan fingerprint density at radius 2 is 1.70 bits per heavy atom. The molecule has 0 fully saturated rings. The van der Waals surface area contributed by atoms with Crippen molar-refractivity contribution in [2.45, 2.75) is 33.4 Å². The summed E-state index contributed by atoms with van der Waals surface area (Å²) >= 11 is 1.33. The van der Waals surface area contributed by atoms with E-state index >= 15 is 0 Å². The molecule has 7 nitrogen and oxygen atoms in total. The summed E-state index contributed by atoms with van der Waals surface area (Å²) in [5.74, 6) is 0.241. The number of hydrogen-bond donors (Lipinski definition) is 0. The monoisotopic (exact) mass is 627 g/mol. The molecule has 0 unspecified atom stereocenters. The first-order valence-electron chi connectivity index (χ1n) is 15.4. The van der Waals surface area contributed by atoms with Crippen molar-refractivity contribution in [3.8, 4) is 5.75 Å². The second-order valence-electron chi connectivity index (χ2n) is 11.2. The Morgan fingerprint density at radius 3 is 2.48 bits per heavy atom. The SMILES string of the molecule is CCOC(=O)C1=C(C)N=c2s/c(=C/c3cn(Cc4ccc5ccccc5c4)c4ccccc34)c(=O)n2[C@@H]1c1ccc(OCC)cc1. The molecule has 0 saturated carbocycles. The van der Waals surface area contributed by atoms with E-state index < -0.39 is 12.0 Å². The molecular weight excluding hydrogens is 595 g/mol. The lowest BCUT2D eigenvalue weighted by Crippen LogP contribution is -2.39. The highest BCUT2D eigenvalue weighted by atomic mass is 32.1. The average Bonchev–Trinajstić information content (AvgIpc) is 3.56. The number of ether oxygens (including phenoxy) is 2. The number of carbonyl (C=O) groups excluding carboxylic acids is 1. The number of hydrogen-bond acceptors (Lipinski definition) is 6. The topological polar surface area (TPSA) is 74.8 Å². The number of benzene rings is 4. The highest BCUT2D eigenvalue weighted by Crippen LogP contribution is 2.32. The van der Waals surface area contributed by atoms with Crippen molar-refractivity contribution in [3.05, 3.63) is 145 Å². The third-order valence-electron chi connectivity index (χ3n) is 8.30. The molecule has 1 aliphatic rings. The van der Waals surface area contributed by atoms with Gasteiger partial charge in [0.1, 0.15) is 5.75 Å². The molecule has 1 atom stereocenters. The van der Waals surface area contributed by atoms with Crippen LogP contribution in [0.15, 0.2) is 118 Å². The third kappa shape index (κ3) is 5.35. The van der Waals surface area contributed by atoms with Gasteiger partial charge in [-0.05, 0) is 73.0 Å². The van der Waals surface area contributed by atoms with Crippen molar-refractivity contribution in [2.75, 3.05) is 13.2 Å². The number of nitrogens with zero attached hydrogens (tertiary/aromatic N) is 3. The van der Waals surface area contributed by atoms with E-state index in [0.29, 0.717) is 33.8 Å². The van der Waals surface area contributed by atoms with Crippen LogP contribution in [0.4, 0.5) is 0 Å². The molecule has 0 radical (unpaired) electrons. The Bertz CT molecular complexity index is 2330. The van der Waals surface area contributed by atoms with Crippen LogP contribution in [0.1, 0.15) is 43.5 Å². The van der Waals surface area contributed by atoms with E-state index in [0.717, 1.165) is 27.8 Å². The Hall–Kier alpha value is -5.21. The maximum Gasteiger partial charge on any atom is 0.338 e. The lowest BCUT2D eigenvalue weighted by Gasteiger charge is -2.24. The highest BCUT2D eigenvalue weighted by molar-refractivity contribution is 7.07. The molecule has 0 aliphatic carbocycles. The van der Waals surface area contributed by atoms with Gasteiger partial charge in [0.15, 0.2) is 4.80 Å². The molecule has 0 spiro atoms. The maximum atomic E-state index is 14.2. The minimum absolute atomic E-state index is 0.205. The number of esters is 1. The minimum Gasteiger partial charge on any atom is -0.494 e. The fourth-order valence-electron chi connectivity index (χ4n) is 6.22. The summed E-state index contributed by atoms with van der Waals surface area (Å²) in [6, 6.07) is 30.0. The fourth-order valence-corrected chi connectivity index (χ4v) is 7.25. The van der Waals surface area contributed by atoms with Crippen LogP contribution in [0.25, 0.3) is 27.8 Å². The molecule has 46 heavy (non-hydrogen) atoms. The van der Waals surface area contributed by atoms with Gasteiger partial charge >= 0.3 is 5.97 Å². The predicted octanol–water partition coefficient (Wildman–Crippen LogP) is 6.35. The van der Waals surface area contributed by atoms with Crippen LogP contribution in [-0.2, 0) is 16.1 Å². The van der Waals surface area contributed by atoms with Crippen molar-refractivity contribution in [3.63, 3.8) is 0 Å². The molecule has 2 aromatic heterocycles. The summed E-state index contributed by atoms with van der Waals surface area (Å²) in [5.41, 5.74) is 4.70. The van der Waals surface area contributed by atoms with E-state index in [1.165, 1.54) is 27.7 Å². The van der Waals surface area contributed by atoms with E-state index in [-0.39, 0.29) is 12.2 Å². The maximum absolute atomic E-state index is 14.2. The van der Waals surface area contributed by atoms with Crippen LogP contribution in [0, 0.1) is 0 Å². The second kappa shape index (κ2) is 12.3. The van der Waals surface area contributed by atoms with Crippen molar-refractivity contribution in [1.29, 1.82) is 0 Å². The number of para-hydroxylation sites is 1. The van der Waals surface area contributed by atoms with E-state index in [2.05, 4.69) is 65.4 Å². The molecule has 0 amide bonds. The number of thiazole rings is 1. The van der Waals surface area contributed by atoms with Crippen LogP contribution < -0.4 is 19.6 Å². The van der Waals surface area contributed by atoms with Gasteiger partial charge < -0.3 is 14.0 Å². The number of rotatable bonds is 8. The number of carbonyl (C=O) groups is 1. The van der Waals surface area contributed by atoms with Gasteiger partial charge in [-0.15, -0.1) is 0 Å². The molecule has 1 aliphatic heterocycles. The van der Waals surface area contributed by atoms with Crippen LogP contribution in [0.2, 0.25) is 0 Å². The number of fused-ring (bicyclic) bond motifs is 3. The molecule has 0 N–H and O–H groups in total. The zero-order valence-electron chi connectivity index (χ0n) is 25.9. The Kier molecular flexibility index (Phi) is 7.88. The Morgan fingerprint density at radius 1 is 0.935 bits per heavy atom. The smallest absolute Gasteiger partial charge is 0.338 e. The van der Waals surface area contributed by atoms with E-state index in [9.17, 15) is 9.59 Å². The van der Waals surface area contributed by atoms with Gasteiger partial charge in [0.2, 0.25) is 0 Å². The first-order valence-corrected chi connectivity index (χ1v) is 16.2. The third-order valence-corrected chi connectivity index (χ3v) is 9.28. The van der Waals surface area contributed by atoms with Crippen LogP contribution in [-0.4, -0.2) is 28.3 Å². The molecule has 4 aromatic carbocycles. The standard InChI is InChI=1S/C38H33N3O4S/c1-4-44-30-18-16-27(17-19-30)35-34(37(43)45-5-2)24(3)39-38-41(35)36(42)33(46-38)21-29-23-40(32-13-9-8-12-31(29)32)22-25-14-15-26-10-6-7-11-28(26)20-25/h6-21,23,35H,4-5,22H2,1-3H3/b33-21+/t35-/m1/s1. The summed E-state index contributed by atoms with van der Waals surface area (Å²) in [5, 5.41) is 3.47. The molecule has 0 bridgehead atoms. The van der Waals surface area contributed by atoms with Crippen molar-refractivity contribution in [1.82, 2.24) is 9.13 Å². The van der Waals surface area contributed by atoms with E-state index in [1.807, 2.05) is 49.4 Å². The van der Waals surface area contributed by atoms with Crippen LogP contribution in [0.3, 0.4) is 0 Å². The fraction of sp³-hybridized carbons (Fsp3) is 0.184. The van der Waals surface area contributed by atoms with E-state index in [1.54, 1.807) is 18.4 Å². The predicted molar refractivity (Wildman–Crippen MR) is 183 cm³/mol. The van der Waals surface area contributed by atoms with Gasteiger partial charge in [0, 0.05) is 29.2 Å². The quantitative estimate of drug-likeness (QED) is 0.184. The molecule has 230 valence electrons. The average molecular weight is 628 g/mol. The summed E-state index contributed by atoms with van der Waals surface area (Å²) in [6.07, 6.45) is 4.05. The van der Waals surface area contributed by atoms with Crippen molar-refractivity contribution in [2.24, 2.45) is 4.99 Å². The second-order valence-corrected chi connectivity index (χ2v) is 12.2. The molecule has 3 heterocycles. The van der Waals surface area contributed by atoms with Crippen LogP contribution >= 0.6 is 11.3 Å². The molecular formula is C38H33N3O4S. The zero-order valence-corrected chi connectivity index (χ0v) is 26.7. The number of aromatic nitrogens is 2. The van der Waals surface area contributed by atoms with E-state index in [4.69, 9.17) is 14.5 Å². The zero-order chi connectivity index (χ0) is 31.8. The largest absolute Gasteiger partial charge is 0.494 e. The van der Waals surface area contributed by atoms with Gasteiger partial charge in [-0.2, -0.15) is 0 Å². The first-order chi connectivity index (χ1) is 22.4. The molecule has 8 heteroatoms. The normalized spacial score (nSPS) is 14.8. The van der Waals surface area contributed by atoms with Gasteiger partial charge in [0.05, 0.1) is 35.1 Å². The summed E-state index contributed by atoms with van der Waals surface area (Å²) in [7, 11) is 0. The minimum atomic E-state index is -0.678. The van der Waals surface area contributed by atoms with Crippen molar-refractivity contribution >= 4 is 45.1 Å². The van der Waals surface area contributed by atoms with Gasteiger partial charge in [0.25, 0.3) is 5.56 Å². The summed E-state index contributed by atoms with van der Waals surface area (Å²) in [4.78, 5) is 32.8. The molecule has 0 saturated heterocycles. The Labute approximate surface area is 270 Å². The first kappa shape index (κ1) is 29.5. The van der Waals surface area contributed by atoms with Gasteiger partial charge in [-0.3, -0.25) is 9.36 Å². The lowest BCUT2D eigenvalue weighted by atomic mass is 9.96. The summed E-state index contributed by atoms with van der Waals surface area (Å²) < 4.78 is 15.5. The van der Waals surface area contributed by atoms with Gasteiger partial charge in [-0.25, -0.2) is 9.79 Å².